The Balaban J connectivity index is 1.55. The van der Waals surface area contributed by atoms with Crippen LogP contribution in [0, 0.1) is 6.92 Å². The van der Waals surface area contributed by atoms with Crippen LogP contribution < -0.4 is 5.32 Å². The molecule has 9 heteroatoms. The summed E-state index contributed by atoms with van der Waals surface area (Å²) >= 11 is 0. The van der Waals surface area contributed by atoms with Crippen molar-refractivity contribution in [3.63, 3.8) is 0 Å². The second-order valence-electron chi connectivity index (χ2n) is 6.21. The van der Waals surface area contributed by atoms with Gasteiger partial charge in [-0.3, -0.25) is 20.1 Å². The van der Waals surface area contributed by atoms with Crippen molar-refractivity contribution in [3.05, 3.63) is 23.4 Å². The number of hydrogen-bond acceptors (Lipinski definition) is 7. The van der Waals surface area contributed by atoms with E-state index in [1.807, 2.05) is 18.7 Å². The Kier molecular flexibility index (Phi) is 4.91. The van der Waals surface area contributed by atoms with Gasteiger partial charge >= 0.3 is 0 Å². The molecule has 0 bridgehead atoms. The monoisotopic (exact) mass is 334 g/mol. The standard InChI is InChI=1S/C15H22N6O3/c1-9(2)14-17-15(19-18-14)11-7-21(4-5-23-11)8-12(22)16-13-6-10(3)20-24-13/h6,9,11H,4-5,7-8H2,1-3H3,(H,16,22)(H,17,18,19). The zero-order valence-corrected chi connectivity index (χ0v) is 14.1. The molecule has 0 radical (unpaired) electrons. The molecule has 24 heavy (non-hydrogen) atoms. The van der Waals surface area contributed by atoms with Crippen LogP contribution in [0.5, 0.6) is 0 Å². The van der Waals surface area contributed by atoms with Crippen LogP contribution in [0.2, 0.25) is 0 Å². The number of amides is 1. The van der Waals surface area contributed by atoms with Gasteiger partial charge in [0, 0.05) is 25.1 Å². The molecule has 0 aliphatic carbocycles. The van der Waals surface area contributed by atoms with Crippen molar-refractivity contribution in [3.8, 4) is 0 Å². The summed E-state index contributed by atoms with van der Waals surface area (Å²) in [6.07, 6.45) is -0.209. The van der Waals surface area contributed by atoms with Crippen LogP contribution in [-0.2, 0) is 9.53 Å². The van der Waals surface area contributed by atoms with Crippen LogP contribution in [0.15, 0.2) is 10.6 Å². The van der Waals surface area contributed by atoms with E-state index in [1.54, 1.807) is 13.0 Å². The number of nitrogens with one attached hydrogen (secondary N) is 2. The molecule has 130 valence electrons. The number of ether oxygens (including phenoxy) is 1. The van der Waals surface area contributed by atoms with Crippen LogP contribution in [0.1, 0.15) is 43.2 Å². The van der Waals surface area contributed by atoms with E-state index in [0.717, 1.165) is 11.5 Å². The van der Waals surface area contributed by atoms with Crippen molar-refractivity contribution < 1.29 is 14.1 Å². The van der Waals surface area contributed by atoms with Gasteiger partial charge in [0.2, 0.25) is 11.8 Å². The lowest BCUT2D eigenvalue weighted by molar-refractivity contribution is -0.119. The van der Waals surface area contributed by atoms with Crippen molar-refractivity contribution >= 4 is 11.8 Å². The number of nitrogens with zero attached hydrogens (tertiary/aromatic N) is 4. The van der Waals surface area contributed by atoms with Crippen LogP contribution in [-0.4, -0.2) is 57.4 Å². The first-order valence-corrected chi connectivity index (χ1v) is 8.00. The number of anilines is 1. The maximum absolute atomic E-state index is 12.1. The summed E-state index contributed by atoms with van der Waals surface area (Å²) in [7, 11) is 0. The number of carbonyl (C=O) groups is 1. The van der Waals surface area contributed by atoms with Crippen molar-refractivity contribution in [2.45, 2.75) is 32.8 Å². The van der Waals surface area contributed by atoms with Gasteiger partial charge in [0.15, 0.2) is 11.6 Å². The van der Waals surface area contributed by atoms with Gasteiger partial charge in [-0.2, -0.15) is 5.10 Å². The summed E-state index contributed by atoms with van der Waals surface area (Å²) in [6.45, 7) is 7.93. The molecule has 1 aliphatic rings. The van der Waals surface area contributed by atoms with Crippen molar-refractivity contribution in [2.75, 3.05) is 31.6 Å². The lowest BCUT2D eigenvalue weighted by Gasteiger charge is -2.31. The number of aromatic nitrogens is 4. The number of hydrogen-bond donors (Lipinski definition) is 2. The van der Waals surface area contributed by atoms with E-state index in [9.17, 15) is 4.79 Å². The Bertz CT molecular complexity index is 695. The van der Waals surface area contributed by atoms with Gasteiger partial charge in [0.1, 0.15) is 6.10 Å². The third kappa shape index (κ3) is 3.98. The molecule has 3 rings (SSSR count). The molecule has 0 aromatic carbocycles. The third-order valence-corrected chi connectivity index (χ3v) is 3.75. The maximum Gasteiger partial charge on any atom is 0.240 e. The number of aryl methyl sites for hydroxylation is 1. The Hall–Kier alpha value is -2.26. The summed E-state index contributed by atoms with van der Waals surface area (Å²) in [4.78, 5) is 18.6. The summed E-state index contributed by atoms with van der Waals surface area (Å²) in [5.74, 6) is 1.94. The first-order valence-electron chi connectivity index (χ1n) is 8.00. The molecule has 2 N–H and O–H groups in total. The van der Waals surface area contributed by atoms with E-state index in [1.165, 1.54) is 0 Å². The van der Waals surface area contributed by atoms with Gasteiger partial charge in [0.25, 0.3) is 0 Å². The minimum atomic E-state index is -0.209. The Labute approximate surface area is 139 Å². The molecular formula is C15H22N6O3. The number of morpholine rings is 1. The number of rotatable bonds is 5. The number of carbonyl (C=O) groups excluding carboxylic acids is 1. The predicted octanol–water partition coefficient (Wildman–Crippen LogP) is 1.24. The molecule has 2 aromatic rings. The average molecular weight is 334 g/mol. The predicted molar refractivity (Wildman–Crippen MR) is 85.5 cm³/mol. The summed E-state index contributed by atoms with van der Waals surface area (Å²) < 4.78 is 10.7. The fraction of sp³-hybridized carbons (Fsp3) is 0.600. The molecule has 2 aromatic heterocycles. The van der Waals surface area contributed by atoms with Crippen LogP contribution >= 0.6 is 0 Å². The molecule has 9 nitrogen and oxygen atoms in total. The molecule has 3 heterocycles. The quantitative estimate of drug-likeness (QED) is 0.846. The lowest BCUT2D eigenvalue weighted by atomic mass is 10.2. The lowest BCUT2D eigenvalue weighted by Crippen LogP contribution is -2.42. The normalized spacial score (nSPS) is 18.9. The highest BCUT2D eigenvalue weighted by Gasteiger charge is 2.26. The van der Waals surface area contributed by atoms with Crippen LogP contribution in [0.4, 0.5) is 5.88 Å². The van der Waals surface area contributed by atoms with E-state index in [4.69, 9.17) is 9.26 Å². The molecule has 1 unspecified atom stereocenters. The highest BCUT2D eigenvalue weighted by molar-refractivity contribution is 5.90. The molecule has 0 saturated carbocycles. The number of H-pyrrole nitrogens is 1. The maximum atomic E-state index is 12.1. The Morgan fingerprint density at radius 1 is 1.54 bits per heavy atom. The molecule has 1 aliphatic heterocycles. The minimum Gasteiger partial charge on any atom is -0.368 e. The van der Waals surface area contributed by atoms with Gasteiger partial charge in [-0.25, -0.2) is 4.98 Å². The Morgan fingerprint density at radius 2 is 2.38 bits per heavy atom. The summed E-state index contributed by atoms with van der Waals surface area (Å²) in [6, 6.07) is 1.68. The molecule has 1 fully saturated rings. The van der Waals surface area contributed by atoms with E-state index in [0.29, 0.717) is 31.4 Å². The highest BCUT2D eigenvalue weighted by Crippen LogP contribution is 2.20. The van der Waals surface area contributed by atoms with E-state index >= 15 is 0 Å². The van der Waals surface area contributed by atoms with Gasteiger partial charge < -0.3 is 9.26 Å². The zero-order chi connectivity index (χ0) is 17.1. The Morgan fingerprint density at radius 3 is 3.04 bits per heavy atom. The molecule has 0 spiro atoms. The molecule has 1 atom stereocenters. The van der Waals surface area contributed by atoms with Crippen molar-refractivity contribution in [1.29, 1.82) is 0 Å². The minimum absolute atomic E-state index is 0.146. The first kappa shape index (κ1) is 16.6. The van der Waals surface area contributed by atoms with Gasteiger partial charge in [0.05, 0.1) is 18.8 Å². The smallest absolute Gasteiger partial charge is 0.240 e. The molecular weight excluding hydrogens is 312 g/mol. The largest absolute Gasteiger partial charge is 0.368 e. The van der Waals surface area contributed by atoms with E-state index < -0.39 is 0 Å². The number of aromatic amines is 1. The highest BCUT2D eigenvalue weighted by atomic mass is 16.5. The van der Waals surface area contributed by atoms with Crippen LogP contribution in [0.25, 0.3) is 0 Å². The topological polar surface area (TPSA) is 109 Å². The second kappa shape index (κ2) is 7.10. The van der Waals surface area contributed by atoms with Crippen molar-refractivity contribution in [1.82, 2.24) is 25.2 Å². The van der Waals surface area contributed by atoms with E-state index in [-0.39, 0.29) is 24.5 Å². The van der Waals surface area contributed by atoms with Gasteiger partial charge in [-0.15, -0.1) is 0 Å². The summed E-state index contributed by atoms with van der Waals surface area (Å²) in [5.41, 5.74) is 0.725. The SMILES string of the molecule is Cc1cc(NC(=O)CN2CCOC(c3nc(C(C)C)n[nH]3)C2)on1. The molecule has 1 saturated heterocycles. The van der Waals surface area contributed by atoms with E-state index in [2.05, 4.69) is 25.7 Å². The van der Waals surface area contributed by atoms with Crippen molar-refractivity contribution in [2.24, 2.45) is 0 Å². The first-order chi connectivity index (χ1) is 11.5. The fourth-order valence-electron chi connectivity index (χ4n) is 2.50. The van der Waals surface area contributed by atoms with Gasteiger partial charge in [-0.05, 0) is 6.92 Å². The zero-order valence-electron chi connectivity index (χ0n) is 14.1. The fourth-order valence-corrected chi connectivity index (χ4v) is 2.50. The van der Waals surface area contributed by atoms with Gasteiger partial charge in [-0.1, -0.05) is 19.0 Å². The third-order valence-electron chi connectivity index (χ3n) is 3.75. The average Bonchev–Trinajstić information content (AvgIpc) is 3.17. The molecule has 1 amide bonds. The van der Waals surface area contributed by atoms with Crippen LogP contribution in [0.3, 0.4) is 0 Å². The second-order valence-corrected chi connectivity index (χ2v) is 6.21. The summed E-state index contributed by atoms with van der Waals surface area (Å²) in [5, 5.41) is 13.6.